The molecule has 1 heterocycles. The van der Waals surface area contributed by atoms with Gasteiger partial charge in [-0.05, 0) is 12.1 Å². The van der Waals surface area contributed by atoms with Crippen molar-refractivity contribution in [3.63, 3.8) is 0 Å². The van der Waals surface area contributed by atoms with Gasteiger partial charge in [0, 0.05) is 38.4 Å². The van der Waals surface area contributed by atoms with Crippen molar-refractivity contribution >= 4 is 11.7 Å². The van der Waals surface area contributed by atoms with E-state index in [1.54, 1.807) is 0 Å². The van der Waals surface area contributed by atoms with Crippen molar-refractivity contribution in [1.29, 1.82) is 0 Å². The van der Waals surface area contributed by atoms with Gasteiger partial charge in [-0.2, -0.15) is 0 Å². The Hall–Kier alpha value is -1.63. The molecule has 0 bridgehead atoms. The number of benzene rings is 1. The molecule has 1 aliphatic heterocycles. The number of hydrogen-bond acceptors (Lipinski definition) is 6. The summed E-state index contributed by atoms with van der Waals surface area (Å²) in [7, 11) is 0. The van der Waals surface area contributed by atoms with Gasteiger partial charge in [-0.25, -0.2) is 5.84 Å². The number of nitrogens with two attached hydrogens (primary N) is 1. The van der Waals surface area contributed by atoms with E-state index in [2.05, 4.69) is 38.9 Å². The number of hydrogen-bond donors (Lipinski definition) is 2. The zero-order valence-electron chi connectivity index (χ0n) is 10.9. The topological polar surface area (TPSA) is 70.8 Å². The normalized spacial score (nSPS) is 16.4. The molecular formula is C13H20N4O2. The lowest BCUT2D eigenvalue weighted by Crippen LogP contribution is -2.47. The van der Waals surface area contributed by atoms with Crippen molar-refractivity contribution in [2.45, 2.75) is 6.42 Å². The molecule has 1 aromatic carbocycles. The summed E-state index contributed by atoms with van der Waals surface area (Å²) >= 11 is 0. The highest BCUT2D eigenvalue weighted by atomic mass is 16.7. The van der Waals surface area contributed by atoms with Crippen molar-refractivity contribution in [2.24, 2.45) is 5.84 Å². The van der Waals surface area contributed by atoms with E-state index in [0.717, 1.165) is 26.2 Å². The second kappa shape index (κ2) is 7.08. The maximum absolute atomic E-state index is 11.2. The lowest BCUT2D eigenvalue weighted by Gasteiger charge is -2.35. The number of nitrogens with one attached hydrogen (secondary N) is 1. The smallest absolute Gasteiger partial charge is 0.327 e. The molecule has 0 aliphatic carbocycles. The molecule has 0 aromatic heterocycles. The fourth-order valence-electron chi connectivity index (χ4n) is 2.23. The third-order valence-electron chi connectivity index (χ3n) is 3.30. The van der Waals surface area contributed by atoms with Gasteiger partial charge in [-0.3, -0.25) is 9.69 Å². The van der Waals surface area contributed by atoms with E-state index in [4.69, 9.17) is 5.84 Å². The van der Waals surface area contributed by atoms with Crippen molar-refractivity contribution in [2.75, 3.05) is 37.6 Å². The molecule has 6 heteroatoms. The molecule has 3 N–H and O–H groups in total. The van der Waals surface area contributed by atoms with Crippen LogP contribution in [-0.2, 0) is 9.63 Å². The van der Waals surface area contributed by atoms with Crippen LogP contribution in [0, 0.1) is 0 Å². The number of hydrazine groups is 1. The van der Waals surface area contributed by atoms with Crippen molar-refractivity contribution < 1.29 is 9.63 Å². The molecule has 1 saturated heterocycles. The van der Waals surface area contributed by atoms with Crippen LogP contribution in [0.1, 0.15) is 6.42 Å². The predicted octanol–water partition coefficient (Wildman–Crippen LogP) is 0.120. The summed E-state index contributed by atoms with van der Waals surface area (Å²) in [6.07, 6.45) is 0.357. The van der Waals surface area contributed by atoms with E-state index in [1.807, 2.05) is 11.7 Å². The third-order valence-corrected chi connectivity index (χ3v) is 3.30. The SMILES string of the molecule is NNOC(=O)CCN1CCN(c2ccccc2)CC1. The van der Waals surface area contributed by atoms with Gasteiger partial charge in [0.2, 0.25) is 0 Å². The molecule has 6 nitrogen and oxygen atoms in total. The van der Waals surface area contributed by atoms with E-state index in [9.17, 15) is 4.79 Å². The summed E-state index contributed by atoms with van der Waals surface area (Å²) in [5.74, 6) is 4.58. The number of piperazine rings is 1. The van der Waals surface area contributed by atoms with Gasteiger partial charge in [0.1, 0.15) is 0 Å². The highest BCUT2D eigenvalue weighted by Crippen LogP contribution is 2.15. The lowest BCUT2D eigenvalue weighted by molar-refractivity contribution is -0.151. The number of anilines is 1. The Labute approximate surface area is 113 Å². The molecule has 0 atom stereocenters. The van der Waals surface area contributed by atoms with Gasteiger partial charge >= 0.3 is 5.97 Å². The highest BCUT2D eigenvalue weighted by molar-refractivity contribution is 5.69. The predicted molar refractivity (Wildman–Crippen MR) is 73.1 cm³/mol. The molecule has 0 saturated carbocycles. The maximum atomic E-state index is 11.2. The van der Waals surface area contributed by atoms with Crippen molar-refractivity contribution in [1.82, 2.24) is 10.5 Å². The fraction of sp³-hybridized carbons (Fsp3) is 0.462. The number of carbonyl (C=O) groups is 1. The summed E-state index contributed by atoms with van der Waals surface area (Å²) in [5, 5.41) is 0. The van der Waals surface area contributed by atoms with Crippen LogP contribution in [0.2, 0.25) is 0 Å². The van der Waals surface area contributed by atoms with Gasteiger partial charge in [0.25, 0.3) is 0 Å². The van der Waals surface area contributed by atoms with Crippen LogP contribution < -0.4 is 16.3 Å². The molecule has 1 aromatic rings. The largest absolute Gasteiger partial charge is 0.369 e. The molecule has 104 valence electrons. The highest BCUT2D eigenvalue weighted by Gasteiger charge is 2.17. The van der Waals surface area contributed by atoms with Crippen LogP contribution in [-0.4, -0.2) is 43.6 Å². The van der Waals surface area contributed by atoms with Crippen LogP contribution in [0.4, 0.5) is 5.69 Å². The average Bonchev–Trinajstić information content (AvgIpc) is 2.47. The minimum atomic E-state index is -0.326. The third kappa shape index (κ3) is 4.20. The Morgan fingerprint density at radius 3 is 2.53 bits per heavy atom. The van der Waals surface area contributed by atoms with Gasteiger partial charge in [-0.1, -0.05) is 23.8 Å². The van der Waals surface area contributed by atoms with Gasteiger partial charge < -0.3 is 9.74 Å². The second-order valence-electron chi connectivity index (χ2n) is 4.51. The quantitative estimate of drug-likeness (QED) is 0.581. The first kappa shape index (κ1) is 13.8. The van der Waals surface area contributed by atoms with Crippen LogP contribution in [0.15, 0.2) is 30.3 Å². The summed E-state index contributed by atoms with van der Waals surface area (Å²) in [5.41, 5.74) is 3.17. The van der Waals surface area contributed by atoms with Crippen molar-refractivity contribution in [3.05, 3.63) is 30.3 Å². The minimum absolute atomic E-state index is 0.326. The Morgan fingerprint density at radius 1 is 1.21 bits per heavy atom. The van der Waals surface area contributed by atoms with Crippen LogP contribution in [0.3, 0.4) is 0 Å². The summed E-state index contributed by atoms with van der Waals surface area (Å²) in [6.45, 7) is 4.59. The van der Waals surface area contributed by atoms with E-state index >= 15 is 0 Å². The Balaban J connectivity index is 1.72. The van der Waals surface area contributed by atoms with E-state index in [0.29, 0.717) is 13.0 Å². The second-order valence-corrected chi connectivity index (χ2v) is 4.51. The van der Waals surface area contributed by atoms with Crippen LogP contribution in [0.5, 0.6) is 0 Å². The standard InChI is InChI=1S/C13H20N4O2/c14-15-19-13(18)6-7-16-8-10-17(11-9-16)12-4-2-1-3-5-12/h1-5,15H,6-11,14H2. The van der Waals surface area contributed by atoms with Crippen LogP contribution >= 0.6 is 0 Å². The first-order chi connectivity index (χ1) is 9.29. The Morgan fingerprint density at radius 2 is 1.89 bits per heavy atom. The Bertz CT molecular complexity index is 391. The zero-order valence-corrected chi connectivity index (χ0v) is 10.9. The molecule has 19 heavy (non-hydrogen) atoms. The summed E-state index contributed by atoms with van der Waals surface area (Å²) < 4.78 is 0. The van der Waals surface area contributed by atoms with Gasteiger partial charge in [-0.15, -0.1) is 0 Å². The van der Waals surface area contributed by atoms with Gasteiger partial charge in [0.15, 0.2) is 0 Å². The number of carbonyl (C=O) groups excluding carboxylic acids is 1. The van der Waals surface area contributed by atoms with E-state index in [1.165, 1.54) is 5.69 Å². The zero-order chi connectivity index (χ0) is 13.5. The van der Waals surface area contributed by atoms with Crippen molar-refractivity contribution in [3.8, 4) is 0 Å². The molecule has 1 fully saturated rings. The van der Waals surface area contributed by atoms with E-state index < -0.39 is 0 Å². The number of nitrogens with zero attached hydrogens (tertiary/aromatic N) is 2. The monoisotopic (exact) mass is 264 g/mol. The first-order valence-electron chi connectivity index (χ1n) is 6.47. The average molecular weight is 264 g/mol. The van der Waals surface area contributed by atoms with E-state index in [-0.39, 0.29) is 5.97 Å². The number of rotatable bonds is 5. The summed E-state index contributed by atoms with van der Waals surface area (Å²) in [4.78, 5) is 20.3. The Kier molecular flexibility index (Phi) is 5.14. The molecule has 0 radical (unpaired) electrons. The minimum Gasteiger partial charge on any atom is -0.369 e. The van der Waals surface area contributed by atoms with Gasteiger partial charge in [0.05, 0.1) is 6.42 Å². The molecule has 0 amide bonds. The summed E-state index contributed by atoms with van der Waals surface area (Å²) in [6, 6.07) is 10.4. The van der Waals surface area contributed by atoms with Crippen LogP contribution in [0.25, 0.3) is 0 Å². The molecule has 1 aliphatic rings. The molecular weight excluding hydrogens is 244 g/mol. The number of para-hydroxylation sites is 1. The maximum Gasteiger partial charge on any atom is 0.327 e. The molecule has 2 rings (SSSR count). The first-order valence-corrected chi connectivity index (χ1v) is 6.47. The fourth-order valence-corrected chi connectivity index (χ4v) is 2.23. The molecule has 0 unspecified atom stereocenters. The molecule has 0 spiro atoms. The lowest BCUT2D eigenvalue weighted by atomic mass is 10.2.